The van der Waals surface area contributed by atoms with Crippen molar-refractivity contribution >= 4 is 40.6 Å². The van der Waals surface area contributed by atoms with Crippen molar-refractivity contribution in [2.24, 2.45) is 0 Å². The molecule has 0 bridgehead atoms. The summed E-state index contributed by atoms with van der Waals surface area (Å²) < 4.78 is 5.05. The third-order valence-electron chi connectivity index (χ3n) is 4.86. The van der Waals surface area contributed by atoms with Crippen molar-refractivity contribution in [2.75, 3.05) is 11.9 Å². The predicted molar refractivity (Wildman–Crippen MR) is 113 cm³/mol. The van der Waals surface area contributed by atoms with Gasteiger partial charge in [-0.25, -0.2) is 4.79 Å². The first kappa shape index (κ1) is 19.6. The summed E-state index contributed by atoms with van der Waals surface area (Å²) in [7, 11) is 0. The normalized spacial score (nSPS) is 15.2. The number of nitrogens with one attached hydrogen (secondary N) is 2. The third-order valence-corrected chi connectivity index (χ3v) is 5.39. The second-order valence-corrected chi connectivity index (χ2v) is 7.46. The van der Waals surface area contributed by atoms with Gasteiger partial charge in [-0.3, -0.25) is 0 Å². The average Bonchev–Trinajstić information content (AvgIpc) is 3.13. The molecule has 6 heteroatoms. The van der Waals surface area contributed by atoms with E-state index in [1.165, 1.54) is 18.4 Å². The Morgan fingerprint density at radius 3 is 2.56 bits per heavy atom. The lowest BCUT2D eigenvalue weighted by Gasteiger charge is -2.32. The quantitative estimate of drug-likeness (QED) is 0.526. The molecule has 142 valence electrons. The van der Waals surface area contributed by atoms with Crippen LogP contribution in [0.3, 0.4) is 0 Å². The summed E-state index contributed by atoms with van der Waals surface area (Å²) in [5.74, 6) is -0.443. The molecule has 0 radical (unpaired) electrons. The van der Waals surface area contributed by atoms with Crippen LogP contribution >= 0.6 is 23.8 Å². The molecular formula is C21H23ClN2O2S. The van der Waals surface area contributed by atoms with E-state index in [4.69, 9.17) is 28.6 Å². The topological polar surface area (TPSA) is 50.4 Å². The monoisotopic (exact) mass is 402 g/mol. The number of thiocarbonyl (C=S) groups is 1. The zero-order chi connectivity index (χ0) is 19.3. The van der Waals surface area contributed by atoms with Crippen molar-refractivity contribution in [3.63, 3.8) is 0 Å². The lowest BCUT2D eigenvalue weighted by Crippen LogP contribution is -2.45. The second-order valence-electron chi connectivity index (χ2n) is 6.65. The molecule has 1 saturated carbocycles. The molecule has 0 spiro atoms. The Hall–Kier alpha value is -2.11. The molecule has 1 aliphatic carbocycles. The van der Waals surface area contributed by atoms with Crippen LogP contribution in [0.4, 0.5) is 5.69 Å². The van der Waals surface area contributed by atoms with Gasteiger partial charge in [0.05, 0.1) is 22.7 Å². The van der Waals surface area contributed by atoms with Crippen molar-refractivity contribution in [1.29, 1.82) is 0 Å². The van der Waals surface area contributed by atoms with Crippen molar-refractivity contribution < 1.29 is 9.53 Å². The molecule has 2 aromatic rings. The molecular weight excluding hydrogens is 380 g/mol. The van der Waals surface area contributed by atoms with Gasteiger partial charge in [0.2, 0.25) is 0 Å². The van der Waals surface area contributed by atoms with Gasteiger partial charge in [-0.1, -0.05) is 54.8 Å². The maximum absolute atomic E-state index is 12.0. The summed E-state index contributed by atoms with van der Waals surface area (Å²) in [6.07, 6.45) is 4.40. The Morgan fingerprint density at radius 2 is 1.89 bits per heavy atom. The van der Waals surface area contributed by atoms with E-state index in [1.807, 2.05) is 6.07 Å². The molecule has 0 aliphatic heterocycles. The molecule has 0 heterocycles. The summed E-state index contributed by atoms with van der Waals surface area (Å²) in [6.45, 7) is 2.06. The molecule has 0 atom stereocenters. The molecule has 3 rings (SSSR count). The molecule has 1 aliphatic rings. The molecule has 0 amide bonds. The zero-order valence-corrected chi connectivity index (χ0v) is 16.8. The van der Waals surface area contributed by atoms with E-state index in [9.17, 15) is 4.79 Å². The highest BCUT2D eigenvalue weighted by molar-refractivity contribution is 7.80. The number of anilines is 1. The lowest BCUT2D eigenvalue weighted by molar-refractivity contribution is 0.0526. The molecule has 0 aromatic heterocycles. The Morgan fingerprint density at radius 1 is 1.19 bits per heavy atom. The number of rotatable bonds is 5. The molecule has 0 saturated heterocycles. The summed E-state index contributed by atoms with van der Waals surface area (Å²) in [5.41, 5.74) is 2.11. The van der Waals surface area contributed by atoms with E-state index in [0.717, 1.165) is 12.8 Å². The SMILES string of the molecule is CCOC(=O)c1cc(NC(=S)NC2(c3ccccc3)CCCC2)ccc1Cl. The van der Waals surface area contributed by atoms with E-state index in [0.29, 0.717) is 28.0 Å². The number of hydrogen-bond donors (Lipinski definition) is 2. The fraction of sp³-hybridized carbons (Fsp3) is 0.333. The largest absolute Gasteiger partial charge is 0.462 e. The third kappa shape index (κ3) is 4.60. The summed E-state index contributed by atoms with van der Waals surface area (Å²) in [6, 6.07) is 15.5. The summed E-state index contributed by atoms with van der Waals surface area (Å²) in [5, 5.41) is 7.58. The number of esters is 1. The van der Waals surface area contributed by atoms with Crippen LogP contribution in [0.25, 0.3) is 0 Å². The Bertz CT molecular complexity index is 820. The molecule has 1 fully saturated rings. The van der Waals surface area contributed by atoms with E-state index in [-0.39, 0.29) is 5.54 Å². The summed E-state index contributed by atoms with van der Waals surface area (Å²) in [4.78, 5) is 12.0. The standard InChI is InChI=1S/C21H23ClN2O2S/c1-2-26-19(25)17-14-16(10-11-18(17)22)23-20(27)24-21(12-6-7-13-21)15-8-4-3-5-9-15/h3-5,8-11,14H,2,6-7,12-13H2,1H3,(H2,23,24,27). The van der Waals surface area contributed by atoms with Crippen LogP contribution in [-0.2, 0) is 10.3 Å². The maximum Gasteiger partial charge on any atom is 0.339 e. The smallest absolute Gasteiger partial charge is 0.339 e. The van der Waals surface area contributed by atoms with E-state index in [2.05, 4.69) is 34.9 Å². The lowest BCUT2D eigenvalue weighted by atomic mass is 9.88. The Kier molecular flexibility index (Phi) is 6.34. The van der Waals surface area contributed by atoms with Gasteiger partial charge in [-0.05, 0) is 55.7 Å². The first-order valence-corrected chi connectivity index (χ1v) is 9.94. The van der Waals surface area contributed by atoms with Gasteiger partial charge in [-0.15, -0.1) is 0 Å². The minimum atomic E-state index is -0.443. The van der Waals surface area contributed by atoms with Gasteiger partial charge in [0.1, 0.15) is 0 Å². The minimum Gasteiger partial charge on any atom is -0.462 e. The zero-order valence-electron chi connectivity index (χ0n) is 15.3. The number of hydrogen-bond acceptors (Lipinski definition) is 3. The van der Waals surface area contributed by atoms with Crippen LogP contribution in [0.2, 0.25) is 5.02 Å². The van der Waals surface area contributed by atoms with Gasteiger partial charge >= 0.3 is 5.97 Å². The van der Waals surface area contributed by atoms with E-state index >= 15 is 0 Å². The van der Waals surface area contributed by atoms with Crippen molar-refractivity contribution in [1.82, 2.24) is 5.32 Å². The second kappa shape index (κ2) is 8.72. The van der Waals surface area contributed by atoms with Crippen molar-refractivity contribution in [2.45, 2.75) is 38.1 Å². The van der Waals surface area contributed by atoms with Crippen LogP contribution in [0, 0.1) is 0 Å². The molecule has 0 unspecified atom stereocenters. The van der Waals surface area contributed by atoms with Gasteiger partial charge in [-0.2, -0.15) is 0 Å². The Balaban J connectivity index is 1.75. The number of carbonyl (C=O) groups excluding carboxylic acids is 1. The van der Waals surface area contributed by atoms with Crippen LogP contribution in [0.5, 0.6) is 0 Å². The van der Waals surface area contributed by atoms with Crippen LogP contribution in [-0.4, -0.2) is 17.7 Å². The van der Waals surface area contributed by atoms with Crippen LogP contribution < -0.4 is 10.6 Å². The molecule has 4 nitrogen and oxygen atoms in total. The van der Waals surface area contributed by atoms with Crippen molar-refractivity contribution in [3.8, 4) is 0 Å². The predicted octanol–water partition coefficient (Wildman–Crippen LogP) is 5.27. The highest BCUT2D eigenvalue weighted by Crippen LogP contribution is 2.38. The van der Waals surface area contributed by atoms with Crippen LogP contribution in [0.1, 0.15) is 48.5 Å². The average molecular weight is 403 g/mol. The number of benzene rings is 2. The van der Waals surface area contributed by atoms with E-state index < -0.39 is 5.97 Å². The fourth-order valence-electron chi connectivity index (χ4n) is 3.57. The number of ether oxygens (including phenoxy) is 1. The first-order chi connectivity index (χ1) is 13.0. The highest BCUT2D eigenvalue weighted by Gasteiger charge is 2.36. The number of carbonyl (C=O) groups is 1. The highest BCUT2D eigenvalue weighted by atomic mass is 35.5. The first-order valence-electron chi connectivity index (χ1n) is 9.15. The van der Waals surface area contributed by atoms with Crippen molar-refractivity contribution in [3.05, 3.63) is 64.7 Å². The Labute approximate surface area is 170 Å². The maximum atomic E-state index is 12.0. The van der Waals surface area contributed by atoms with Gasteiger partial charge < -0.3 is 15.4 Å². The molecule has 27 heavy (non-hydrogen) atoms. The minimum absolute atomic E-state index is 0.151. The van der Waals surface area contributed by atoms with E-state index in [1.54, 1.807) is 25.1 Å². The summed E-state index contributed by atoms with van der Waals surface area (Å²) >= 11 is 11.7. The molecule has 2 N–H and O–H groups in total. The fourth-order valence-corrected chi connectivity index (χ4v) is 4.08. The number of halogens is 1. The van der Waals surface area contributed by atoms with Gasteiger partial charge in [0.25, 0.3) is 0 Å². The van der Waals surface area contributed by atoms with Crippen LogP contribution in [0.15, 0.2) is 48.5 Å². The molecule has 2 aromatic carbocycles. The van der Waals surface area contributed by atoms with Gasteiger partial charge in [0, 0.05) is 5.69 Å². The van der Waals surface area contributed by atoms with Gasteiger partial charge in [0.15, 0.2) is 5.11 Å².